The van der Waals surface area contributed by atoms with Crippen molar-refractivity contribution in [2.24, 2.45) is 5.41 Å². The summed E-state index contributed by atoms with van der Waals surface area (Å²) in [7, 11) is 0. The predicted octanol–water partition coefficient (Wildman–Crippen LogP) is 2.37. The van der Waals surface area contributed by atoms with Crippen molar-refractivity contribution in [1.82, 2.24) is 0 Å². The molecule has 0 amide bonds. The van der Waals surface area contributed by atoms with Crippen LogP contribution in [0, 0.1) is 17.3 Å². The zero-order valence-electron chi connectivity index (χ0n) is 9.82. The SMILES string of the molecule is CC(=O)C1(C#Cc2ccccc2)CCCC1=O. The predicted molar refractivity (Wildman–Crippen MR) is 65.3 cm³/mol. The van der Waals surface area contributed by atoms with Gasteiger partial charge in [-0.3, -0.25) is 9.59 Å². The second-order valence-corrected chi connectivity index (χ2v) is 4.35. The lowest BCUT2D eigenvalue weighted by Crippen LogP contribution is -2.31. The minimum absolute atomic E-state index is 0.0200. The van der Waals surface area contributed by atoms with Crippen LogP contribution in [-0.4, -0.2) is 11.6 Å². The van der Waals surface area contributed by atoms with Crippen LogP contribution in [0.1, 0.15) is 31.7 Å². The van der Waals surface area contributed by atoms with Crippen LogP contribution in [0.4, 0.5) is 0 Å². The summed E-state index contributed by atoms with van der Waals surface area (Å²) in [6.07, 6.45) is 1.81. The number of benzene rings is 1. The molecule has 1 aliphatic rings. The van der Waals surface area contributed by atoms with Gasteiger partial charge in [-0.15, -0.1) is 0 Å². The number of Topliss-reactive ketones (excluding diaryl/α,β-unsaturated/α-hetero) is 2. The van der Waals surface area contributed by atoms with E-state index in [9.17, 15) is 9.59 Å². The second-order valence-electron chi connectivity index (χ2n) is 4.35. The Labute approximate surface area is 101 Å². The van der Waals surface area contributed by atoms with E-state index in [0.29, 0.717) is 12.8 Å². The van der Waals surface area contributed by atoms with E-state index < -0.39 is 5.41 Å². The highest BCUT2D eigenvalue weighted by molar-refractivity contribution is 6.10. The molecule has 1 saturated carbocycles. The zero-order chi connectivity index (χ0) is 12.3. The fourth-order valence-corrected chi connectivity index (χ4v) is 2.16. The topological polar surface area (TPSA) is 34.1 Å². The summed E-state index contributed by atoms with van der Waals surface area (Å²) in [4.78, 5) is 23.5. The van der Waals surface area contributed by atoms with Crippen molar-refractivity contribution < 1.29 is 9.59 Å². The summed E-state index contributed by atoms with van der Waals surface area (Å²) in [5.74, 6) is 5.72. The largest absolute Gasteiger partial charge is 0.298 e. The molecule has 0 N–H and O–H groups in total. The number of carbonyl (C=O) groups excluding carboxylic acids is 2. The normalized spacial score (nSPS) is 23.0. The average molecular weight is 226 g/mol. The van der Waals surface area contributed by atoms with Gasteiger partial charge in [0.05, 0.1) is 0 Å². The first kappa shape index (κ1) is 11.6. The van der Waals surface area contributed by atoms with Crippen molar-refractivity contribution >= 4 is 11.6 Å². The maximum atomic E-state index is 11.8. The van der Waals surface area contributed by atoms with E-state index in [2.05, 4.69) is 11.8 Å². The fourth-order valence-electron chi connectivity index (χ4n) is 2.16. The van der Waals surface area contributed by atoms with Crippen molar-refractivity contribution in [2.45, 2.75) is 26.2 Å². The number of hydrogen-bond donors (Lipinski definition) is 0. The van der Waals surface area contributed by atoms with Gasteiger partial charge in [0, 0.05) is 12.0 Å². The van der Waals surface area contributed by atoms with Crippen LogP contribution in [0.5, 0.6) is 0 Å². The second kappa shape index (κ2) is 4.55. The molecular weight excluding hydrogens is 212 g/mol. The standard InChI is InChI=1S/C15H14O2/c1-12(16)15(10-5-8-14(15)17)11-9-13-6-3-2-4-7-13/h2-4,6-7H,5,8,10H2,1H3. The first-order valence-corrected chi connectivity index (χ1v) is 5.78. The molecule has 1 fully saturated rings. The Morgan fingerprint density at radius 3 is 2.53 bits per heavy atom. The van der Waals surface area contributed by atoms with Crippen LogP contribution in [-0.2, 0) is 9.59 Å². The Hall–Kier alpha value is -1.88. The van der Waals surface area contributed by atoms with E-state index in [4.69, 9.17) is 0 Å². The number of ketones is 2. The molecule has 2 heteroatoms. The van der Waals surface area contributed by atoms with Gasteiger partial charge in [-0.05, 0) is 31.9 Å². The van der Waals surface area contributed by atoms with E-state index in [1.54, 1.807) is 0 Å². The summed E-state index contributed by atoms with van der Waals surface area (Å²) in [5, 5.41) is 0. The van der Waals surface area contributed by atoms with Gasteiger partial charge >= 0.3 is 0 Å². The lowest BCUT2D eigenvalue weighted by molar-refractivity contribution is -0.133. The summed E-state index contributed by atoms with van der Waals surface area (Å²) in [5.41, 5.74) is -0.191. The van der Waals surface area contributed by atoms with Crippen LogP contribution < -0.4 is 0 Å². The summed E-state index contributed by atoms with van der Waals surface area (Å²) < 4.78 is 0. The Kier molecular flexibility index (Phi) is 3.10. The highest BCUT2D eigenvalue weighted by atomic mass is 16.2. The monoisotopic (exact) mass is 226 g/mol. The van der Waals surface area contributed by atoms with Crippen LogP contribution >= 0.6 is 0 Å². The lowest BCUT2D eigenvalue weighted by atomic mass is 9.82. The molecule has 0 spiro atoms. The van der Waals surface area contributed by atoms with Crippen LogP contribution in [0.25, 0.3) is 0 Å². The fraction of sp³-hybridized carbons (Fsp3) is 0.333. The van der Waals surface area contributed by atoms with Crippen molar-refractivity contribution in [3.8, 4) is 11.8 Å². The van der Waals surface area contributed by atoms with Gasteiger partial charge in [-0.2, -0.15) is 0 Å². The lowest BCUT2D eigenvalue weighted by Gasteiger charge is -2.16. The maximum absolute atomic E-state index is 11.8. The number of carbonyl (C=O) groups is 2. The van der Waals surface area contributed by atoms with E-state index in [1.165, 1.54) is 6.92 Å². The molecule has 0 bridgehead atoms. The smallest absolute Gasteiger partial charge is 0.158 e. The maximum Gasteiger partial charge on any atom is 0.158 e. The van der Waals surface area contributed by atoms with E-state index in [0.717, 1.165) is 12.0 Å². The first-order valence-electron chi connectivity index (χ1n) is 5.78. The number of rotatable bonds is 1. The van der Waals surface area contributed by atoms with Crippen LogP contribution in [0.2, 0.25) is 0 Å². The van der Waals surface area contributed by atoms with Gasteiger partial charge in [-0.1, -0.05) is 30.0 Å². The van der Waals surface area contributed by atoms with E-state index in [-0.39, 0.29) is 11.6 Å². The molecule has 2 nitrogen and oxygen atoms in total. The summed E-state index contributed by atoms with van der Waals surface area (Å²) >= 11 is 0. The molecule has 17 heavy (non-hydrogen) atoms. The zero-order valence-corrected chi connectivity index (χ0v) is 9.82. The summed E-state index contributed by atoms with van der Waals surface area (Å²) in [6.45, 7) is 1.46. The Bertz CT molecular complexity index is 505. The van der Waals surface area contributed by atoms with E-state index in [1.807, 2.05) is 30.3 Å². The minimum Gasteiger partial charge on any atom is -0.298 e. The van der Waals surface area contributed by atoms with Crippen molar-refractivity contribution in [3.05, 3.63) is 35.9 Å². The first-order chi connectivity index (χ1) is 8.15. The van der Waals surface area contributed by atoms with Crippen LogP contribution in [0.15, 0.2) is 30.3 Å². The third kappa shape index (κ3) is 2.14. The third-order valence-corrected chi connectivity index (χ3v) is 3.23. The van der Waals surface area contributed by atoms with Crippen molar-refractivity contribution in [1.29, 1.82) is 0 Å². The van der Waals surface area contributed by atoms with Crippen molar-refractivity contribution in [2.75, 3.05) is 0 Å². The van der Waals surface area contributed by atoms with Crippen molar-refractivity contribution in [3.63, 3.8) is 0 Å². The highest BCUT2D eigenvalue weighted by Gasteiger charge is 2.44. The molecule has 0 saturated heterocycles. The molecule has 1 aromatic carbocycles. The average Bonchev–Trinajstić information content (AvgIpc) is 2.71. The minimum atomic E-state index is -1.03. The Morgan fingerprint density at radius 1 is 1.29 bits per heavy atom. The quantitative estimate of drug-likeness (QED) is 0.544. The number of hydrogen-bond acceptors (Lipinski definition) is 2. The van der Waals surface area contributed by atoms with Gasteiger partial charge in [0.1, 0.15) is 5.41 Å². The molecule has 86 valence electrons. The molecule has 1 unspecified atom stereocenters. The molecule has 1 aromatic rings. The Morgan fingerprint density at radius 2 is 2.00 bits per heavy atom. The molecular formula is C15H14O2. The summed E-state index contributed by atoms with van der Waals surface area (Å²) in [6, 6.07) is 9.44. The van der Waals surface area contributed by atoms with Gasteiger partial charge in [0.25, 0.3) is 0 Å². The van der Waals surface area contributed by atoms with Gasteiger partial charge < -0.3 is 0 Å². The highest BCUT2D eigenvalue weighted by Crippen LogP contribution is 2.35. The Balaban J connectivity index is 2.35. The molecule has 0 aromatic heterocycles. The van der Waals surface area contributed by atoms with E-state index >= 15 is 0 Å². The molecule has 0 heterocycles. The van der Waals surface area contributed by atoms with Gasteiger partial charge in [0.2, 0.25) is 0 Å². The molecule has 1 atom stereocenters. The molecule has 0 radical (unpaired) electrons. The van der Waals surface area contributed by atoms with Gasteiger partial charge in [0.15, 0.2) is 11.6 Å². The third-order valence-electron chi connectivity index (χ3n) is 3.23. The molecule has 0 aliphatic heterocycles. The molecule has 1 aliphatic carbocycles. The van der Waals surface area contributed by atoms with Gasteiger partial charge in [-0.25, -0.2) is 0 Å². The molecule has 2 rings (SSSR count). The van der Waals surface area contributed by atoms with Crippen LogP contribution in [0.3, 0.4) is 0 Å².